The van der Waals surface area contributed by atoms with Crippen molar-refractivity contribution in [2.24, 2.45) is 0 Å². The molecule has 1 N–H and O–H groups in total. The van der Waals surface area contributed by atoms with E-state index in [0.717, 1.165) is 16.5 Å². The number of fused-ring (bicyclic) bond motifs is 1. The van der Waals surface area contributed by atoms with Crippen LogP contribution in [0.1, 0.15) is 37.6 Å². The fourth-order valence-electron chi connectivity index (χ4n) is 3.19. The van der Waals surface area contributed by atoms with Gasteiger partial charge in [-0.15, -0.1) is 0 Å². The monoisotopic (exact) mass is 384 g/mol. The summed E-state index contributed by atoms with van der Waals surface area (Å²) in [6.45, 7) is 9.63. The molecule has 28 heavy (non-hydrogen) atoms. The van der Waals surface area contributed by atoms with Gasteiger partial charge in [0.15, 0.2) is 0 Å². The Morgan fingerprint density at radius 1 is 1.25 bits per heavy atom. The van der Waals surface area contributed by atoms with Crippen molar-refractivity contribution in [1.82, 2.24) is 20.1 Å². The second kappa shape index (κ2) is 7.31. The largest absolute Gasteiger partial charge is 0.442 e. The van der Waals surface area contributed by atoms with E-state index in [4.69, 9.17) is 4.74 Å². The molecule has 0 aliphatic heterocycles. The van der Waals surface area contributed by atoms with Crippen LogP contribution in [0.5, 0.6) is 0 Å². The molecule has 0 spiro atoms. The van der Waals surface area contributed by atoms with Crippen LogP contribution in [0, 0.1) is 19.7 Å². The fraction of sp³-hybridized carbons (Fsp3) is 0.381. The Bertz CT molecular complexity index is 1030. The first kappa shape index (κ1) is 19.9. The number of ether oxygens (including phenoxy) is 1. The highest BCUT2D eigenvalue weighted by molar-refractivity contribution is 5.91. The van der Waals surface area contributed by atoms with E-state index in [1.165, 1.54) is 16.9 Å². The highest BCUT2D eigenvalue weighted by Gasteiger charge is 2.22. The van der Waals surface area contributed by atoms with Crippen LogP contribution < -0.4 is 5.32 Å². The lowest BCUT2D eigenvalue weighted by atomic mass is 10.00. The average Bonchev–Trinajstić information content (AvgIpc) is 2.90. The number of carbonyl (C=O) groups is 1. The van der Waals surface area contributed by atoms with E-state index in [2.05, 4.69) is 15.4 Å². The molecule has 0 aliphatic carbocycles. The minimum absolute atomic E-state index is 0.325. The number of nitrogens with one attached hydrogen (secondary N) is 1. The molecule has 0 fully saturated rings. The molecule has 6 nitrogen and oxygen atoms in total. The molecule has 3 rings (SSSR count). The number of rotatable bonds is 3. The smallest absolute Gasteiger partial charge is 0.435 e. The number of carbonyl (C=O) groups excluding carboxylic acids is 1. The summed E-state index contributed by atoms with van der Waals surface area (Å²) in [7, 11) is 1.82. The summed E-state index contributed by atoms with van der Waals surface area (Å²) in [5.41, 5.74) is 3.17. The summed E-state index contributed by atoms with van der Waals surface area (Å²) in [5.74, 6) is -0.325. The molecule has 0 atom stereocenters. The van der Waals surface area contributed by atoms with E-state index < -0.39 is 11.7 Å². The molecule has 7 heteroatoms. The first-order valence-electron chi connectivity index (χ1n) is 9.13. The van der Waals surface area contributed by atoms with Gasteiger partial charge in [0.25, 0.3) is 0 Å². The van der Waals surface area contributed by atoms with Gasteiger partial charge in [0, 0.05) is 17.5 Å². The van der Waals surface area contributed by atoms with Gasteiger partial charge in [-0.1, -0.05) is 6.07 Å². The lowest BCUT2D eigenvalue weighted by molar-refractivity contribution is 0.0522. The van der Waals surface area contributed by atoms with Crippen molar-refractivity contribution in [2.45, 2.75) is 46.8 Å². The Labute approximate surface area is 163 Å². The Hall–Kier alpha value is -2.80. The van der Waals surface area contributed by atoms with Crippen LogP contribution in [-0.4, -0.2) is 33.5 Å². The fourth-order valence-corrected chi connectivity index (χ4v) is 3.19. The van der Waals surface area contributed by atoms with Crippen molar-refractivity contribution in [1.29, 1.82) is 0 Å². The quantitative estimate of drug-likeness (QED) is 0.727. The molecule has 0 saturated heterocycles. The third kappa shape index (κ3) is 3.89. The first-order chi connectivity index (χ1) is 13.1. The van der Waals surface area contributed by atoms with Gasteiger partial charge in [-0.05, 0) is 64.9 Å². The maximum Gasteiger partial charge on any atom is 0.435 e. The molecule has 0 saturated carbocycles. The molecule has 0 aliphatic rings. The van der Waals surface area contributed by atoms with Crippen molar-refractivity contribution in [3.8, 4) is 11.3 Å². The predicted molar refractivity (Wildman–Crippen MR) is 107 cm³/mol. The van der Waals surface area contributed by atoms with Crippen LogP contribution in [0.3, 0.4) is 0 Å². The van der Waals surface area contributed by atoms with E-state index >= 15 is 0 Å². The molecule has 3 aromatic rings. The Morgan fingerprint density at radius 3 is 2.57 bits per heavy atom. The second-order valence-corrected chi connectivity index (χ2v) is 7.86. The van der Waals surface area contributed by atoms with Gasteiger partial charge in [0.2, 0.25) is 0 Å². The SMILES string of the molecule is CNCc1cc(C)c(-c2cc3c(C)nn(C(=O)OC(C)(C)C)c3cn2)c(F)c1. The van der Waals surface area contributed by atoms with Crippen LogP contribution in [0.25, 0.3) is 22.2 Å². The Kier molecular flexibility index (Phi) is 5.21. The lowest BCUT2D eigenvalue weighted by Gasteiger charge is -2.19. The molecule has 1 aromatic carbocycles. The predicted octanol–water partition coefficient (Wildman–Crippen LogP) is 4.36. The number of pyridine rings is 1. The summed E-state index contributed by atoms with van der Waals surface area (Å²) < 4.78 is 21.4. The summed E-state index contributed by atoms with van der Waals surface area (Å²) in [6.07, 6.45) is 0.966. The van der Waals surface area contributed by atoms with Crippen LogP contribution in [0.15, 0.2) is 24.4 Å². The molecule has 148 valence electrons. The molecule has 0 amide bonds. The van der Waals surface area contributed by atoms with Crippen molar-refractivity contribution in [2.75, 3.05) is 7.05 Å². The normalized spacial score (nSPS) is 11.8. The summed E-state index contributed by atoms with van der Waals surface area (Å²) in [5, 5.41) is 8.04. The highest BCUT2D eigenvalue weighted by Crippen LogP contribution is 2.30. The minimum atomic E-state index is -0.633. The van der Waals surface area contributed by atoms with E-state index in [1.807, 2.05) is 20.0 Å². The van der Waals surface area contributed by atoms with Gasteiger partial charge in [0.1, 0.15) is 11.4 Å². The lowest BCUT2D eigenvalue weighted by Crippen LogP contribution is -2.27. The van der Waals surface area contributed by atoms with Gasteiger partial charge in [-0.2, -0.15) is 9.78 Å². The number of nitrogens with zero attached hydrogens (tertiary/aromatic N) is 3. The van der Waals surface area contributed by atoms with Crippen LogP contribution >= 0.6 is 0 Å². The third-order valence-corrected chi connectivity index (χ3v) is 4.30. The van der Waals surface area contributed by atoms with Gasteiger partial charge in [0.05, 0.1) is 23.1 Å². The van der Waals surface area contributed by atoms with Gasteiger partial charge in [-0.25, -0.2) is 9.18 Å². The molecule has 0 radical (unpaired) electrons. The number of hydrogen-bond acceptors (Lipinski definition) is 5. The topological polar surface area (TPSA) is 69.0 Å². The zero-order valence-corrected chi connectivity index (χ0v) is 17.1. The standard InChI is InChI=1S/C21H25FN4O2/c1-12-7-14(10-23-6)8-16(22)19(12)17-9-15-13(2)25-26(18(15)11-24-17)20(27)28-21(3,4)5/h7-9,11,23H,10H2,1-6H3. The first-order valence-corrected chi connectivity index (χ1v) is 9.13. The second-order valence-electron chi connectivity index (χ2n) is 7.86. The summed E-state index contributed by atoms with van der Waals surface area (Å²) in [4.78, 5) is 16.8. The van der Waals surface area contributed by atoms with Crippen molar-refractivity contribution in [3.05, 3.63) is 47.0 Å². The number of halogens is 1. The Morgan fingerprint density at radius 2 is 1.96 bits per heavy atom. The third-order valence-electron chi connectivity index (χ3n) is 4.30. The molecular formula is C21H25FN4O2. The molecular weight excluding hydrogens is 359 g/mol. The zero-order valence-electron chi connectivity index (χ0n) is 17.1. The van der Waals surface area contributed by atoms with Crippen molar-refractivity contribution >= 4 is 17.0 Å². The number of benzene rings is 1. The van der Waals surface area contributed by atoms with Crippen LogP contribution in [0.4, 0.5) is 9.18 Å². The number of aromatic nitrogens is 3. The van der Waals surface area contributed by atoms with E-state index in [9.17, 15) is 9.18 Å². The zero-order chi connectivity index (χ0) is 20.6. The Balaban J connectivity index is 2.07. The molecule has 2 aromatic heterocycles. The highest BCUT2D eigenvalue weighted by atomic mass is 19.1. The van der Waals surface area contributed by atoms with Crippen LogP contribution in [-0.2, 0) is 11.3 Å². The average molecular weight is 384 g/mol. The van der Waals surface area contributed by atoms with Gasteiger partial charge >= 0.3 is 6.09 Å². The summed E-state index contributed by atoms with van der Waals surface area (Å²) in [6, 6.07) is 5.22. The maximum absolute atomic E-state index is 14.8. The molecule has 0 bridgehead atoms. The maximum atomic E-state index is 14.8. The van der Waals surface area contributed by atoms with E-state index in [0.29, 0.717) is 29.0 Å². The molecule has 0 unspecified atom stereocenters. The van der Waals surface area contributed by atoms with E-state index in [-0.39, 0.29) is 5.82 Å². The number of hydrogen-bond donors (Lipinski definition) is 1. The van der Waals surface area contributed by atoms with Crippen LogP contribution in [0.2, 0.25) is 0 Å². The van der Waals surface area contributed by atoms with Crippen molar-refractivity contribution < 1.29 is 13.9 Å². The van der Waals surface area contributed by atoms with Gasteiger partial charge < -0.3 is 10.1 Å². The summed E-state index contributed by atoms with van der Waals surface area (Å²) >= 11 is 0. The minimum Gasteiger partial charge on any atom is -0.442 e. The molecule has 2 heterocycles. The number of aryl methyl sites for hydroxylation is 2. The van der Waals surface area contributed by atoms with Crippen molar-refractivity contribution in [3.63, 3.8) is 0 Å². The van der Waals surface area contributed by atoms with Gasteiger partial charge in [-0.3, -0.25) is 4.98 Å². The van der Waals surface area contributed by atoms with E-state index in [1.54, 1.807) is 33.8 Å².